The van der Waals surface area contributed by atoms with Crippen molar-refractivity contribution in [2.24, 2.45) is 0 Å². The predicted octanol–water partition coefficient (Wildman–Crippen LogP) is 4.62. The first-order valence-corrected chi connectivity index (χ1v) is 6.22. The fourth-order valence-corrected chi connectivity index (χ4v) is 1.88. The van der Waals surface area contributed by atoms with E-state index in [9.17, 15) is 31.1 Å². The van der Waals surface area contributed by atoms with Gasteiger partial charge >= 0.3 is 18.4 Å². The number of rotatable bonds is 3. The molecule has 1 amide bonds. The lowest BCUT2D eigenvalue weighted by Gasteiger charge is -2.17. The van der Waals surface area contributed by atoms with Crippen LogP contribution in [0.3, 0.4) is 0 Å². The first-order valence-electron chi connectivity index (χ1n) is 5.84. The largest absolute Gasteiger partial charge is 0.450 e. The van der Waals surface area contributed by atoms with Gasteiger partial charge in [0.2, 0.25) is 0 Å². The van der Waals surface area contributed by atoms with Gasteiger partial charge < -0.3 is 10.1 Å². The summed E-state index contributed by atoms with van der Waals surface area (Å²) in [7, 11) is 0. The lowest BCUT2D eigenvalue weighted by molar-refractivity contribution is -0.142. The predicted molar refractivity (Wildman–Crippen MR) is 65.3 cm³/mol. The van der Waals surface area contributed by atoms with Gasteiger partial charge in [0, 0.05) is 6.54 Å². The summed E-state index contributed by atoms with van der Waals surface area (Å²) in [4.78, 5) is 11.0. The summed E-state index contributed by atoms with van der Waals surface area (Å²) in [5.41, 5.74) is -3.65. The Morgan fingerprint density at radius 3 is 1.95 bits per heavy atom. The van der Waals surface area contributed by atoms with E-state index in [1.165, 1.54) is 6.92 Å². The summed E-state index contributed by atoms with van der Waals surface area (Å²) in [5.74, 6) is 0. The van der Waals surface area contributed by atoms with Gasteiger partial charge in [-0.25, -0.2) is 4.79 Å². The van der Waals surface area contributed by atoms with Crippen molar-refractivity contribution in [3.8, 4) is 0 Å². The standard InChI is InChI=1S/C12H10ClF6NO2/c1-2-22-10(21)20-5-6-3-7(11(14,15)16)9(13)8(4-6)12(17,18)19/h3-4H,2,5H2,1H3,(H,20,21). The van der Waals surface area contributed by atoms with Crippen LogP contribution in [0.2, 0.25) is 5.02 Å². The van der Waals surface area contributed by atoms with Crippen LogP contribution in [0.25, 0.3) is 0 Å². The molecule has 10 heteroatoms. The van der Waals surface area contributed by atoms with Gasteiger partial charge in [0.25, 0.3) is 0 Å². The van der Waals surface area contributed by atoms with Crippen LogP contribution in [0.5, 0.6) is 0 Å². The third-order valence-corrected chi connectivity index (χ3v) is 2.86. The molecule has 1 aromatic rings. The van der Waals surface area contributed by atoms with Crippen molar-refractivity contribution in [1.29, 1.82) is 0 Å². The average Bonchev–Trinajstić information content (AvgIpc) is 2.35. The molecule has 1 aromatic carbocycles. The highest BCUT2D eigenvalue weighted by Crippen LogP contribution is 2.42. The molecule has 0 aliphatic rings. The molecule has 0 saturated carbocycles. The summed E-state index contributed by atoms with van der Waals surface area (Å²) < 4.78 is 81.0. The van der Waals surface area contributed by atoms with Crippen molar-refractivity contribution < 1.29 is 35.9 Å². The molecule has 0 bridgehead atoms. The molecule has 1 rings (SSSR count). The van der Waals surface area contributed by atoms with E-state index in [4.69, 9.17) is 11.6 Å². The van der Waals surface area contributed by atoms with Gasteiger partial charge in [-0.1, -0.05) is 11.6 Å². The van der Waals surface area contributed by atoms with Crippen molar-refractivity contribution in [1.82, 2.24) is 5.32 Å². The molecule has 0 saturated heterocycles. The second-order valence-corrected chi connectivity index (χ2v) is 4.45. The molecule has 0 spiro atoms. The maximum Gasteiger partial charge on any atom is 0.417 e. The number of hydrogen-bond acceptors (Lipinski definition) is 2. The third-order valence-electron chi connectivity index (χ3n) is 2.46. The number of amides is 1. The van der Waals surface area contributed by atoms with Crippen molar-refractivity contribution in [2.45, 2.75) is 25.8 Å². The quantitative estimate of drug-likeness (QED) is 0.808. The monoisotopic (exact) mass is 349 g/mol. The minimum atomic E-state index is -5.06. The highest BCUT2D eigenvalue weighted by atomic mass is 35.5. The Bertz CT molecular complexity index is 521. The Hall–Kier alpha value is -1.64. The van der Waals surface area contributed by atoms with E-state index in [2.05, 4.69) is 4.74 Å². The van der Waals surface area contributed by atoms with E-state index in [-0.39, 0.29) is 6.61 Å². The molecule has 3 nitrogen and oxygen atoms in total. The zero-order chi connectivity index (χ0) is 17.1. The summed E-state index contributed by atoms with van der Waals surface area (Å²) in [5, 5.41) is 0.607. The fourth-order valence-electron chi connectivity index (χ4n) is 1.56. The van der Waals surface area contributed by atoms with Crippen molar-refractivity contribution in [3.05, 3.63) is 33.8 Å². The average molecular weight is 350 g/mol. The van der Waals surface area contributed by atoms with Gasteiger partial charge in [-0.05, 0) is 24.6 Å². The minimum absolute atomic E-state index is 0.00799. The maximum absolute atomic E-state index is 12.8. The summed E-state index contributed by atoms with van der Waals surface area (Å²) >= 11 is 5.21. The number of nitrogens with one attached hydrogen (secondary N) is 1. The molecule has 0 aliphatic heterocycles. The zero-order valence-corrected chi connectivity index (χ0v) is 11.8. The molecule has 0 fully saturated rings. The highest BCUT2D eigenvalue weighted by molar-refractivity contribution is 6.32. The number of alkyl halides is 6. The normalized spacial score (nSPS) is 12.2. The Labute approximate surface area is 126 Å². The first kappa shape index (κ1) is 18.4. The molecule has 1 N–H and O–H groups in total. The molecule has 0 radical (unpaired) electrons. The van der Waals surface area contributed by atoms with Crippen LogP contribution in [0.15, 0.2) is 12.1 Å². The van der Waals surface area contributed by atoms with Gasteiger partial charge in [-0.2, -0.15) is 26.3 Å². The molecular weight excluding hydrogens is 340 g/mol. The summed E-state index contributed by atoms with van der Waals surface area (Å²) in [6.45, 7) is 0.932. The molecule has 124 valence electrons. The number of carbonyl (C=O) groups is 1. The van der Waals surface area contributed by atoms with Crippen LogP contribution in [0.4, 0.5) is 31.1 Å². The van der Waals surface area contributed by atoms with Gasteiger partial charge in [0.05, 0.1) is 22.8 Å². The molecule has 0 atom stereocenters. The van der Waals surface area contributed by atoms with Gasteiger partial charge in [0.15, 0.2) is 0 Å². The Morgan fingerprint density at radius 2 is 1.59 bits per heavy atom. The lowest BCUT2D eigenvalue weighted by Crippen LogP contribution is -2.24. The van der Waals surface area contributed by atoms with Crippen LogP contribution < -0.4 is 5.32 Å². The molecule has 0 heterocycles. The Morgan fingerprint density at radius 1 is 1.14 bits per heavy atom. The van der Waals surface area contributed by atoms with Crippen LogP contribution in [0.1, 0.15) is 23.6 Å². The molecule has 0 unspecified atom stereocenters. The smallest absolute Gasteiger partial charge is 0.417 e. The summed E-state index contributed by atoms with van der Waals surface area (Å²) in [6, 6.07) is 0.896. The number of alkyl carbamates (subject to hydrolysis) is 1. The molecule has 0 aromatic heterocycles. The van der Waals surface area contributed by atoms with E-state index in [1.807, 2.05) is 5.32 Å². The number of carbonyl (C=O) groups excluding carboxylic acids is 1. The van der Waals surface area contributed by atoms with Gasteiger partial charge in [-0.3, -0.25) is 0 Å². The van der Waals surface area contributed by atoms with Crippen LogP contribution in [-0.2, 0) is 23.6 Å². The Kier molecular flexibility index (Phi) is 5.55. The minimum Gasteiger partial charge on any atom is -0.450 e. The first-order chi connectivity index (χ1) is 9.96. The van der Waals surface area contributed by atoms with E-state index < -0.39 is 46.7 Å². The number of halogens is 7. The van der Waals surface area contributed by atoms with Crippen molar-refractivity contribution in [3.63, 3.8) is 0 Å². The van der Waals surface area contributed by atoms with E-state index >= 15 is 0 Å². The Balaban J connectivity index is 3.21. The van der Waals surface area contributed by atoms with E-state index in [1.54, 1.807) is 0 Å². The maximum atomic E-state index is 12.8. The molecule has 22 heavy (non-hydrogen) atoms. The fraction of sp³-hybridized carbons (Fsp3) is 0.417. The van der Waals surface area contributed by atoms with Crippen LogP contribution in [0, 0.1) is 0 Å². The van der Waals surface area contributed by atoms with Crippen molar-refractivity contribution >= 4 is 17.7 Å². The second kappa shape index (κ2) is 6.64. The number of benzene rings is 1. The number of ether oxygens (including phenoxy) is 1. The topological polar surface area (TPSA) is 38.3 Å². The van der Waals surface area contributed by atoms with Crippen LogP contribution >= 0.6 is 11.6 Å². The number of hydrogen-bond donors (Lipinski definition) is 1. The molecular formula is C12H10ClF6NO2. The van der Waals surface area contributed by atoms with Gasteiger partial charge in [0.1, 0.15) is 0 Å². The van der Waals surface area contributed by atoms with Crippen LogP contribution in [-0.4, -0.2) is 12.7 Å². The lowest BCUT2D eigenvalue weighted by atomic mass is 10.0. The van der Waals surface area contributed by atoms with E-state index in [0.717, 1.165) is 0 Å². The van der Waals surface area contributed by atoms with Crippen molar-refractivity contribution in [2.75, 3.05) is 6.61 Å². The zero-order valence-electron chi connectivity index (χ0n) is 11.0. The second-order valence-electron chi connectivity index (χ2n) is 4.07. The highest BCUT2D eigenvalue weighted by Gasteiger charge is 2.40. The SMILES string of the molecule is CCOC(=O)NCc1cc(C(F)(F)F)c(Cl)c(C(F)(F)F)c1. The van der Waals surface area contributed by atoms with E-state index in [0.29, 0.717) is 12.1 Å². The van der Waals surface area contributed by atoms with Gasteiger partial charge in [-0.15, -0.1) is 0 Å². The molecule has 0 aliphatic carbocycles. The summed E-state index contributed by atoms with van der Waals surface area (Å²) in [6.07, 6.45) is -11.1. The third kappa shape index (κ3) is 4.69.